The average Bonchev–Trinajstić information content (AvgIpc) is 3.36. The van der Waals surface area contributed by atoms with Gasteiger partial charge in [0.15, 0.2) is 0 Å². The molecule has 0 fully saturated rings. The van der Waals surface area contributed by atoms with Crippen molar-refractivity contribution >= 4 is 11.6 Å². The molecule has 9 heteroatoms. The van der Waals surface area contributed by atoms with Crippen molar-refractivity contribution in [2.75, 3.05) is 12.4 Å². The first-order valence-corrected chi connectivity index (χ1v) is 9.09. The number of methoxy groups -OCH3 is 1. The fraction of sp³-hybridized carbons (Fsp3) is 0.143. The maximum atomic E-state index is 13.1. The van der Waals surface area contributed by atoms with Crippen LogP contribution in [0.15, 0.2) is 59.3 Å². The van der Waals surface area contributed by atoms with Crippen molar-refractivity contribution in [3.05, 3.63) is 66.4 Å². The number of carbonyl (C=O) groups excluding carboxylic acids is 1. The standard InChI is InChI=1S/C21H18FN5O3/c1-13-23-18(20-25-21(30-26-20)14-6-8-15(22)9-7-14)11-27(13)12-19(28)24-16-4-3-5-17(10-16)29-2/h3-11H,12H2,1-2H3,(H,24,28). The first-order valence-electron chi connectivity index (χ1n) is 9.09. The quantitative estimate of drug-likeness (QED) is 0.524. The van der Waals surface area contributed by atoms with Crippen LogP contribution in [0.1, 0.15) is 5.82 Å². The Kier molecular flexibility index (Phi) is 5.25. The molecule has 0 unspecified atom stereocenters. The molecule has 0 spiro atoms. The number of aryl methyl sites for hydroxylation is 1. The molecular formula is C21H18FN5O3. The van der Waals surface area contributed by atoms with Gasteiger partial charge in [-0.05, 0) is 43.3 Å². The highest BCUT2D eigenvalue weighted by Crippen LogP contribution is 2.22. The van der Waals surface area contributed by atoms with Gasteiger partial charge in [0.2, 0.25) is 11.7 Å². The molecule has 0 bridgehead atoms. The third-order valence-corrected chi connectivity index (χ3v) is 4.39. The van der Waals surface area contributed by atoms with Crippen LogP contribution in [-0.2, 0) is 11.3 Å². The summed E-state index contributed by atoms with van der Waals surface area (Å²) in [7, 11) is 1.57. The van der Waals surface area contributed by atoms with E-state index in [4.69, 9.17) is 9.26 Å². The van der Waals surface area contributed by atoms with Crippen molar-refractivity contribution in [2.24, 2.45) is 0 Å². The van der Waals surface area contributed by atoms with Crippen LogP contribution in [0.5, 0.6) is 5.75 Å². The van der Waals surface area contributed by atoms with Gasteiger partial charge in [0.25, 0.3) is 5.89 Å². The molecule has 30 heavy (non-hydrogen) atoms. The van der Waals surface area contributed by atoms with Gasteiger partial charge < -0.3 is 19.1 Å². The first kappa shape index (κ1) is 19.3. The molecule has 0 radical (unpaired) electrons. The largest absolute Gasteiger partial charge is 0.497 e. The van der Waals surface area contributed by atoms with E-state index >= 15 is 0 Å². The number of nitrogens with zero attached hydrogens (tertiary/aromatic N) is 4. The van der Waals surface area contributed by atoms with E-state index in [1.807, 2.05) is 0 Å². The number of hydrogen-bond donors (Lipinski definition) is 1. The van der Waals surface area contributed by atoms with Gasteiger partial charge >= 0.3 is 0 Å². The number of hydrogen-bond acceptors (Lipinski definition) is 6. The molecule has 2 heterocycles. The number of anilines is 1. The van der Waals surface area contributed by atoms with E-state index in [0.29, 0.717) is 28.5 Å². The Bertz CT molecular complexity index is 1180. The number of halogens is 1. The molecule has 1 amide bonds. The molecule has 0 aliphatic heterocycles. The minimum atomic E-state index is -0.347. The van der Waals surface area contributed by atoms with Crippen LogP contribution < -0.4 is 10.1 Å². The van der Waals surface area contributed by atoms with Crippen LogP contribution in [-0.4, -0.2) is 32.7 Å². The third kappa shape index (κ3) is 4.19. The second-order valence-electron chi connectivity index (χ2n) is 6.51. The molecule has 0 saturated heterocycles. The lowest BCUT2D eigenvalue weighted by atomic mass is 10.2. The van der Waals surface area contributed by atoms with Crippen LogP contribution in [0.3, 0.4) is 0 Å². The van der Waals surface area contributed by atoms with E-state index < -0.39 is 0 Å². The SMILES string of the molecule is COc1cccc(NC(=O)Cn2cc(-c3noc(-c4ccc(F)cc4)n3)nc2C)c1. The highest BCUT2D eigenvalue weighted by atomic mass is 19.1. The van der Waals surface area contributed by atoms with Gasteiger partial charge in [0.1, 0.15) is 29.6 Å². The predicted octanol–water partition coefficient (Wildman–Crippen LogP) is 3.69. The molecule has 0 aliphatic rings. The maximum absolute atomic E-state index is 13.1. The Morgan fingerprint density at radius 1 is 1.20 bits per heavy atom. The molecule has 4 rings (SSSR count). The van der Waals surface area contributed by atoms with Gasteiger partial charge in [-0.2, -0.15) is 4.98 Å². The normalized spacial score (nSPS) is 10.8. The van der Waals surface area contributed by atoms with Gasteiger partial charge in [0, 0.05) is 23.5 Å². The van der Waals surface area contributed by atoms with Crippen molar-refractivity contribution in [3.63, 3.8) is 0 Å². The average molecular weight is 407 g/mol. The summed E-state index contributed by atoms with van der Waals surface area (Å²) in [4.78, 5) is 21.1. The zero-order valence-electron chi connectivity index (χ0n) is 16.3. The molecule has 152 valence electrons. The van der Waals surface area contributed by atoms with Crippen LogP contribution >= 0.6 is 0 Å². The van der Waals surface area contributed by atoms with E-state index in [-0.39, 0.29) is 30.0 Å². The molecule has 4 aromatic rings. The zero-order valence-corrected chi connectivity index (χ0v) is 16.3. The summed E-state index contributed by atoms with van der Waals surface area (Å²) in [5.74, 6) is 1.26. The summed E-state index contributed by atoms with van der Waals surface area (Å²) >= 11 is 0. The Morgan fingerprint density at radius 2 is 2.00 bits per heavy atom. The maximum Gasteiger partial charge on any atom is 0.258 e. The summed E-state index contributed by atoms with van der Waals surface area (Å²) in [6.07, 6.45) is 1.68. The minimum Gasteiger partial charge on any atom is -0.497 e. The van der Waals surface area contributed by atoms with E-state index in [1.54, 1.807) is 61.2 Å². The van der Waals surface area contributed by atoms with Gasteiger partial charge in [-0.3, -0.25) is 4.79 Å². The van der Waals surface area contributed by atoms with Gasteiger partial charge in [-0.25, -0.2) is 9.37 Å². The minimum absolute atomic E-state index is 0.0682. The van der Waals surface area contributed by atoms with Crippen LogP contribution in [0, 0.1) is 12.7 Å². The number of benzene rings is 2. The topological polar surface area (TPSA) is 95.1 Å². The van der Waals surface area contributed by atoms with Crippen molar-refractivity contribution in [1.82, 2.24) is 19.7 Å². The first-order chi connectivity index (χ1) is 14.5. The summed E-state index contributed by atoms with van der Waals surface area (Å²) in [5, 5.41) is 6.76. The number of aromatic nitrogens is 4. The molecular weight excluding hydrogens is 389 g/mol. The zero-order chi connectivity index (χ0) is 21.1. The van der Waals surface area contributed by atoms with E-state index in [2.05, 4.69) is 20.4 Å². The van der Waals surface area contributed by atoms with E-state index in [0.717, 1.165) is 0 Å². The smallest absolute Gasteiger partial charge is 0.258 e. The molecule has 0 saturated carbocycles. The van der Waals surface area contributed by atoms with Crippen LogP contribution in [0.2, 0.25) is 0 Å². The Balaban J connectivity index is 1.48. The van der Waals surface area contributed by atoms with Crippen molar-refractivity contribution in [2.45, 2.75) is 13.5 Å². The summed E-state index contributed by atoms with van der Waals surface area (Å²) in [6.45, 7) is 1.85. The van der Waals surface area contributed by atoms with E-state index in [9.17, 15) is 9.18 Å². The van der Waals surface area contributed by atoms with Crippen molar-refractivity contribution in [1.29, 1.82) is 0 Å². The number of ether oxygens (including phenoxy) is 1. The number of rotatable bonds is 6. The second-order valence-corrected chi connectivity index (χ2v) is 6.51. The molecule has 2 aromatic heterocycles. The van der Waals surface area contributed by atoms with Crippen molar-refractivity contribution in [3.8, 4) is 28.7 Å². The molecule has 0 aliphatic carbocycles. The number of nitrogens with one attached hydrogen (secondary N) is 1. The lowest BCUT2D eigenvalue weighted by Gasteiger charge is -2.08. The van der Waals surface area contributed by atoms with Gasteiger partial charge in [0.05, 0.1) is 7.11 Å². The summed E-state index contributed by atoms with van der Waals surface area (Å²) < 4.78 is 25.2. The number of amides is 1. The Labute approximate surface area is 171 Å². The molecule has 1 N–H and O–H groups in total. The fourth-order valence-corrected chi connectivity index (χ4v) is 2.87. The van der Waals surface area contributed by atoms with Gasteiger partial charge in [-0.15, -0.1) is 0 Å². The summed E-state index contributed by atoms with van der Waals surface area (Å²) in [6, 6.07) is 12.9. The Morgan fingerprint density at radius 3 is 2.77 bits per heavy atom. The lowest BCUT2D eigenvalue weighted by molar-refractivity contribution is -0.116. The highest BCUT2D eigenvalue weighted by Gasteiger charge is 2.16. The second kappa shape index (κ2) is 8.16. The predicted molar refractivity (Wildman–Crippen MR) is 107 cm³/mol. The number of carbonyl (C=O) groups is 1. The third-order valence-electron chi connectivity index (χ3n) is 4.39. The monoisotopic (exact) mass is 407 g/mol. The molecule has 2 aromatic carbocycles. The van der Waals surface area contributed by atoms with Crippen LogP contribution in [0.25, 0.3) is 23.0 Å². The lowest BCUT2D eigenvalue weighted by Crippen LogP contribution is -2.19. The van der Waals surface area contributed by atoms with Gasteiger partial charge in [-0.1, -0.05) is 11.2 Å². The summed E-state index contributed by atoms with van der Waals surface area (Å²) in [5.41, 5.74) is 1.71. The highest BCUT2D eigenvalue weighted by molar-refractivity contribution is 5.90. The van der Waals surface area contributed by atoms with E-state index in [1.165, 1.54) is 12.1 Å². The number of imidazole rings is 1. The van der Waals surface area contributed by atoms with Crippen molar-refractivity contribution < 1.29 is 18.4 Å². The molecule has 0 atom stereocenters. The fourth-order valence-electron chi connectivity index (χ4n) is 2.87. The Hall–Kier alpha value is -4.01. The van der Waals surface area contributed by atoms with Crippen LogP contribution in [0.4, 0.5) is 10.1 Å². The molecule has 8 nitrogen and oxygen atoms in total.